The Labute approximate surface area is 162 Å². The van der Waals surface area contributed by atoms with Crippen molar-refractivity contribution in [3.8, 4) is 5.75 Å². The highest BCUT2D eigenvalue weighted by atomic mass is 16.6. The van der Waals surface area contributed by atoms with Gasteiger partial charge in [0.15, 0.2) is 12.0 Å². The van der Waals surface area contributed by atoms with E-state index in [0.29, 0.717) is 22.4 Å². The molecule has 1 saturated heterocycles. The largest absolute Gasteiger partial charge is 0.493 e. The molecular weight excluding hydrogens is 386 g/mol. The Kier molecular flexibility index (Phi) is 4.96. The van der Waals surface area contributed by atoms with Gasteiger partial charge >= 0.3 is 5.69 Å². The maximum Gasteiger partial charge on any atom is 0.333 e. The molecule has 0 amide bonds. The summed E-state index contributed by atoms with van der Waals surface area (Å²) in [7, 11) is 1.48. The third-order valence-corrected chi connectivity index (χ3v) is 4.95. The summed E-state index contributed by atoms with van der Waals surface area (Å²) in [6.07, 6.45) is -3.95. The van der Waals surface area contributed by atoms with E-state index in [1.807, 2.05) is 0 Å². The van der Waals surface area contributed by atoms with E-state index in [1.54, 1.807) is 18.2 Å². The van der Waals surface area contributed by atoms with Crippen LogP contribution in [0.5, 0.6) is 5.75 Å². The van der Waals surface area contributed by atoms with Gasteiger partial charge in [0.25, 0.3) is 5.56 Å². The predicted molar refractivity (Wildman–Crippen MR) is 97.6 cm³/mol. The molecule has 1 aliphatic heterocycles. The molecule has 4 rings (SSSR count). The van der Waals surface area contributed by atoms with Gasteiger partial charge in [0.1, 0.15) is 24.0 Å². The predicted octanol–water partition coefficient (Wildman–Crippen LogP) is -1.18. The minimum absolute atomic E-state index is 0.187. The number of fused-ring (bicyclic) bond motifs is 1. The number of benzene rings is 1. The number of hydrogen-bond donors (Lipinski definition) is 3. The summed E-state index contributed by atoms with van der Waals surface area (Å²) in [5, 5.41) is 33.9. The zero-order valence-electron chi connectivity index (χ0n) is 15.3. The lowest BCUT2D eigenvalue weighted by Gasteiger charge is -2.18. The van der Waals surface area contributed by atoms with Crippen LogP contribution in [0.1, 0.15) is 11.9 Å². The molecule has 4 atom stereocenters. The van der Waals surface area contributed by atoms with Crippen molar-refractivity contribution in [1.82, 2.24) is 14.3 Å². The fourth-order valence-corrected chi connectivity index (χ4v) is 3.39. The number of aromatic nitrogens is 3. The average molecular weight is 405 g/mol. The Morgan fingerprint density at radius 2 is 2.00 bits per heavy atom. The lowest BCUT2D eigenvalue weighted by molar-refractivity contribution is -0.0555. The molecule has 154 valence electrons. The summed E-state index contributed by atoms with van der Waals surface area (Å²) in [5.74, 6) is 0.464. The Bertz CT molecular complexity index is 1150. The molecule has 3 N–H and O–H groups in total. The molecule has 1 aliphatic rings. The quantitative estimate of drug-likeness (QED) is 0.477. The van der Waals surface area contributed by atoms with Crippen LogP contribution in [0.3, 0.4) is 0 Å². The number of nitrogens with zero attached hydrogens (tertiary/aromatic N) is 3. The van der Waals surface area contributed by atoms with Crippen molar-refractivity contribution >= 4 is 11.0 Å². The first-order valence-electron chi connectivity index (χ1n) is 8.82. The molecular formula is C18H19N3O8. The number of rotatable bonds is 5. The second kappa shape index (κ2) is 7.44. The Morgan fingerprint density at radius 1 is 1.21 bits per heavy atom. The number of aliphatic hydroxyl groups excluding tert-OH is 3. The number of methoxy groups -OCH3 is 1. The van der Waals surface area contributed by atoms with E-state index in [-0.39, 0.29) is 6.54 Å². The number of ether oxygens (including phenoxy) is 2. The van der Waals surface area contributed by atoms with Crippen LogP contribution in [0.4, 0.5) is 0 Å². The average Bonchev–Trinajstić information content (AvgIpc) is 3.26. The van der Waals surface area contributed by atoms with Gasteiger partial charge in [0.2, 0.25) is 5.58 Å². The van der Waals surface area contributed by atoms with Crippen molar-refractivity contribution in [1.29, 1.82) is 0 Å². The Hall–Kier alpha value is -2.99. The molecule has 1 aromatic carbocycles. The van der Waals surface area contributed by atoms with Crippen molar-refractivity contribution in [2.24, 2.45) is 0 Å². The molecule has 3 heterocycles. The molecule has 3 aromatic rings. The fourth-order valence-electron chi connectivity index (χ4n) is 3.39. The molecule has 11 heteroatoms. The van der Waals surface area contributed by atoms with Gasteiger partial charge in [0, 0.05) is 12.3 Å². The van der Waals surface area contributed by atoms with E-state index in [0.717, 1.165) is 15.2 Å². The second-order valence-electron chi connectivity index (χ2n) is 6.63. The molecule has 0 unspecified atom stereocenters. The van der Waals surface area contributed by atoms with Crippen LogP contribution in [0.25, 0.3) is 11.0 Å². The first kappa shape index (κ1) is 19.3. The molecule has 11 nitrogen and oxygen atoms in total. The van der Waals surface area contributed by atoms with Crippen molar-refractivity contribution in [3.05, 3.63) is 57.0 Å². The zero-order valence-corrected chi connectivity index (χ0v) is 15.3. The summed E-state index contributed by atoms with van der Waals surface area (Å²) < 4.78 is 17.8. The van der Waals surface area contributed by atoms with Gasteiger partial charge in [-0.15, -0.1) is 0 Å². The van der Waals surface area contributed by atoms with Crippen LogP contribution in [0.2, 0.25) is 0 Å². The van der Waals surface area contributed by atoms with E-state index in [9.17, 15) is 24.9 Å². The van der Waals surface area contributed by atoms with Crippen LogP contribution in [-0.2, 0) is 11.3 Å². The smallest absolute Gasteiger partial charge is 0.333 e. The maximum absolute atomic E-state index is 12.9. The Morgan fingerprint density at radius 3 is 2.69 bits per heavy atom. The third kappa shape index (κ3) is 3.13. The number of aliphatic hydroxyl groups is 3. The fraction of sp³-hybridized carbons (Fsp3) is 0.389. The molecule has 0 radical (unpaired) electrons. The van der Waals surface area contributed by atoms with E-state index in [4.69, 9.17) is 14.0 Å². The summed E-state index contributed by atoms with van der Waals surface area (Å²) in [4.78, 5) is 25.2. The van der Waals surface area contributed by atoms with Gasteiger partial charge < -0.3 is 29.3 Å². The normalized spacial score (nSPS) is 24.3. The van der Waals surface area contributed by atoms with Gasteiger partial charge in [-0.25, -0.2) is 4.79 Å². The van der Waals surface area contributed by atoms with Crippen molar-refractivity contribution < 1.29 is 29.3 Å². The van der Waals surface area contributed by atoms with E-state index < -0.39 is 42.4 Å². The SMILES string of the molecule is COc1cccc2c(Cn3c(=O)ccn([C@@H]4O[C@H](CO)[C@H](O)[C@@H]4O)c3=O)noc12. The first-order valence-corrected chi connectivity index (χ1v) is 8.82. The molecule has 0 aliphatic carbocycles. The van der Waals surface area contributed by atoms with Crippen LogP contribution in [-0.4, -0.2) is 61.6 Å². The molecule has 0 spiro atoms. The van der Waals surface area contributed by atoms with Crippen molar-refractivity contribution in [3.63, 3.8) is 0 Å². The van der Waals surface area contributed by atoms with Gasteiger partial charge in [-0.3, -0.25) is 13.9 Å². The molecule has 1 fully saturated rings. The summed E-state index contributed by atoms with van der Waals surface area (Å²) in [6, 6.07) is 6.29. The topological polar surface area (TPSA) is 149 Å². The van der Waals surface area contributed by atoms with Gasteiger partial charge in [-0.05, 0) is 12.1 Å². The first-order chi connectivity index (χ1) is 14.0. The highest BCUT2D eigenvalue weighted by Crippen LogP contribution is 2.29. The van der Waals surface area contributed by atoms with Crippen LogP contribution < -0.4 is 16.0 Å². The highest BCUT2D eigenvalue weighted by molar-refractivity contribution is 5.84. The molecule has 0 bridgehead atoms. The standard InChI is InChI=1S/C18H19N3O8/c1-27-11-4-2-3-9-10(19-29-16(9)11)7-21-13(23)5-6-20(18(21)26)17-15(25)14(24)12(8-22)28-17/h2-6,12,14-15,17,22,24-25H,7-8H2,1H3/t12-,14+,15+,17-/m1/s1. The lowest BCUT2D eigenvalue weighted by Crippen LogP contribution is -2.43. The van der Waals surface area contributed by atoms with Gasteiger partial charge in [0.05, 0.1) is 25.6 Å². The van der Waals surface area contributed by atoms with Gasteiger partial charge in [-0.1, -0.05) is 11.2 Å². The third-order valence-electron chi connectivity index (χ3n) is 4.95. The number of para-hydroxylation sites is 1. The van der Waals surface area contributed by atoms with Crippen molar-refractivity contribution in [2.45, 2.75) is 31.1 Å². The zero-order chi connectivity index (χ0) is 20.7. The lowest BCUT2D eigenvalue weighted by atomic mass is 10.1. The Balaban J connectivity index is 1.74. The van der Waals surface area contributed by atoms with Crippen molar-refractivity contribution in [2.75, 3.05) is 13.7 Å². The second-order valence-corrected chi connectivity index (χ2v) is 6.63. The van der Waals surface area contributed by atoms with E-state index >= 15 is 0 Å². The van der Waals surface area contributed by atoms with Crippen LogP contribution in [0.15, 0.2) is 44.6 Å². The van der Waals surface area contributed by atoms with E-state index in [2.05, 4.69) is 5.16 Å². The van der Waals surface area contributed by atoms with Crippen LogP contribution in [0, 0.1) is 0 Å². The van der Waals surface area contributed by atoms with Crippen LogP contribution >= 0.6 is 0 Å². The summed E-state index contributed by atoms with van der Waals surface area (Å²) in [6.45, 7) is -0.719. The summed E-state index contributed by atoms with van der Waals surface area (Å²) in [5.41, 5.74) is -0.627. The summed E-state index contributed by atoms with van der Waals surface area (Å²) >= 11 is 0. The monoisotopic (exact) mass is 405 g/mol. The number of hydrogen-bond acceptors (Lipinski definition) is 9. The minimum atomic E-state index is -1.45. The van der Waals surface area contributed by atoms with Gasteiger partial charge in [-0.2, -0.15) is 0 Å². The highest BCUT2D eigenvalue weighted by Gasteiger charge is 2.43. The molecule has 29 heavy (non-hydrogen) atoms. The minimum Gasteiger partial charge on any atom is -0.493 e. The maximum atomic E-state index is 12.9. The van der Waals surface area contributed by atoms with E-state index in [1.165, 1.54) is 13.3 Å². The molecule has 2 aromatic heterocycles. The molecule has 0 saturated carbocycles.